The Bertz CT molecular complexity index is 557. The topological polar surface area (TPSA) is 125 Å². The van der Waals surface area contributed by atoms with Crippen molar-refractivity contribution in [2.75, 3.05) is 24.6 Å². The molecule has 0 spiro atoms. The molecule has 106 valence electrons. The molecule has 5 N–H and O–H groups in total. The quantitative estimate of drug-likeness (QED) is 0.619. The van der Waals surface area contributed by atoms with E-state index in [-0.39, 0.29) is 12.3 Å². The number of sulfonamides is 1. The highest BCUT2D eigenvalue weighted by atomic mass is 32.2. The van der Waals surface area contributed by atoms with Gasteiger partial charge >= 0.3 is 0 Å². The van der Waals surface area contributed by atoms with Crippen LogP contribution in [0.25, 0.3) is 0 Å². The lowest BCUT2D eigenvalue weighted by Crippen LogP contribution is -2.31. The third-order valence-electron chi connectivity index (χ3n) is 2.17. The first-order valence-corrected chi connectivity index (χ1v) is 7.35. The van der Waals surface area contributed by atoms with E-state index >= 15 is 0 Å². The number of nitrogens with two attached hydrogens (primary N) is 2. The number of hydrogen-bond acceptors (Lipinski definition) is 5. The SMILES string of the molecule is CCOc1cc(N)cc(C(=O)NCCS(N)(=O)=O)c1. The molecular formula is C11H17N3O4S. The monoisotopic (exact) mass is 287 g/mol. The van der Waals surface area contributed by atoms with Crippen molar-refractivity contribution in [3.05, 3.63) is 23.8 Å². The van der Waals surface area contributed by atoms with Gasteiger partial charge < -0.3 is 15.8 Å². The second kappa shape index (κ2) is 6.39. The molecule has 7 nitrogen and oxygen atoms in total. The van der Waals surface area contributed by atoms with E-state index in [2.05, 4.69) is 5.32 Å². The molecule has 0 saturated carbocycles. The highest BCUT2D eigenvalue weighted by Crippen LogP contribution is 2.18. The molecule has 0 fully saturated rings. The van der Waals surface area contributed by atoms with Gasteiger partial charge in [0.25, 0.3) is 5.91 Å². The van der Waals surface area contributed by atoms with Crippen molar-refractivity contribution in [1.29, 1.82) is 0 Å². The lowest BCUT2D eigenvalue weighted by atomic mass is 10.2. The second-order valence-electron chi connectivity index (χ2n) is 3.85. The zero-order chi connectivity index (χ0) is 14.5. The van der Waals surface area contributed by atoms with Crippen molar-refractivity contribution in [2.45, 2.75) is 6.92 Å². The molecule has 1 aromatic carbocycles. The Labute approximate surface area is 112 Å². The molecule has 0 unspecified atom stereocenters. The predicted octanol–water partition coefficient (Wildman–Crippen LogP) is -0.314. The van der Waals surface area contributed by atoms with Gasteiger partial charge in [-0.1, -0.05) is 0 Å². The van der Waals surface area contributed by atoms with E-state index in [9.17, 15) is 13.2 Å². The molecule has 0 atom stereocenters. The van der Waals surface area contributed by atoms with Gasteiger partial charge in [0.2, 0.25) is 10.0 Å². The third kappa shape index (κ3) is 5.58. The minimum absolute atomic E-state index is 0.0591. The van der Waals surface area contributed by atoms with Gasteiger partial charge in [-0.15, -0.1) is 0 Å². The number of amides is 1. The smallest absolute Gasteiger partial charge is 0.251 e. The first-order valence-electron chi connectivity index (χ1n) is 5.64. The maximum atomic E-state index is 11.8. The van der Waals surface area contributed by atoms with E-state index in [1.807, 2.05) is 6.92 Å². The van der Waals surface area contributed by atoms with Crippen LogP contribution in [0.3, 0.4) is 0 Å². The number of nitrogens with one attached hydrogen (secondary N) is 1. The van der Waals surface area contributed by atoms with Gasteiger partial charge in [0.05, 0.1) is 12.4 Å². The van der Waals surface area contributed by atoms with Crippen molar-refractivity contribution in [2.24, 2.45) is 5.14 Å². The van der Waals surface area contributed by atoms with Gasteiger partial charge in [-0.25, -0.2) is 13.6 Å². The molecule has 1 amide bonds. The average molecular weight is 287 g/mol. The largest absolute Gasteiger partial charge is 0.494 e. The van der Waals surface area contributed by atoms with Crippen molar-refractivity contribution in [3.8, 4) is 5.75 Å². The van der Waals surface area contributed by atoms with E-state index < -0.39 is 15.9 Å². The number of rotatable bonds is 6. The standard InChI is InChI=1S/C11H17N3O4S/c1-2-18-10-6-8(5-9(12)7-10)11(15)14-3-4-19(13,16)17/h5-7H,2-4,12H2,1H3,(H,14,15)(H2,13,16,17). The number of carbonyl (C=O) groups is 1. The molecular weight excluding hydrogens is 270 g/mol. The molecule has 0 saturated heterocycles. The Hall–Kier alpha value is -1.80. The molecule has 0 aliphatic rings. The van der Waals surface area contributed by atoms with E-state index in [0.29, 0.717) is 23.6 Å². The summed E-state index contributed by atoms with van der Waals surface area (Å²) in [5.41, 5.74) is 6.34. The zero-order valence-corrected chi connectivity index (χ0v) is 11.4. The van der Waals surface area contributed by atoms with Crippen LogP contribution in [-0.2, 0) is 10.0 Å². The molecule has 0 aliphatic heterocycles. The van der Waals surface area contributed by atoms with Crippen molar-refractivity contribution >= 4 is 21.6 Å². The molecule has 0 aromatic heterocycles. The fraction of sp³-hybridized carbons (Fsp3) is 0.364. The molecule has 0 aliphatic carbocycles. The molecule has 0 radical (unpaired) electrons. The molecule has 1 aromatic rings. The van der Waals surface area contributed by atoms with Crippen LogP contribution in [-0.4, -0.2) is 33.2 Å². The summed E-state index contributed by atoms with van der Waals surface area (Å²) in [7, 11) is -3.59. The first kappa shape index (κ1) is 15.3. The number of nitrogen functional groups attached to an aromatic ring is 1. The third-order valence-corrected chi connectivity index (χ3v) is 2.95. The lowest BCUT2D eigenvalue weighted by Gasteiger charge is -2.08. The normalized spacial score (nSPS) is 11.1. The van der Waals surface area contributed by atoms with Crippen LogP contribution in [0, 0.1) is 0 Å². The van der Waals surface area contributed by atoms with Gasteiger partial charge in [0, 0.05) is 23.9 Å². The first-order chi connectivity index (χ1) is 8.81. The predicted molar refractivity (Wildman–Crippen MR) is 72.3 cm³/mol. The molecule has 0 bridgehead atoms. The van der Waals surface area contributed by atoms with E-state index in [4.69, 9.17) is 15.6 Å². The minimum atomic E-state index is -3.59. The van der Waals surface area contributed by atoms with E-state index in [1.54, 1.807) is 6.07 Å². The number of benzene rings is 1. The average Bonchev–Trinajstić information content (AvgIpc) is 2.26. The zero-order valence-electron chi connectivity index (χ0n) is 10.5. The molecule has 19 heavy (non-hydrogen) atoms. The van der Waals surface area contributed by atoms with E-state index in [1.165, 1.54) is 12.1 Å². The maximum Gasteiger partial charge on any atom is 0.251 e. The summed E-state index contributed by atoms with van der Waals surface area (Å²) in [6, 6.07) is 4.62. The summed E-state index contributed by atoms with van der Waals surface area (Å²) >= 11 is 0. The molecule has 8 heteroatoms. The van der Waals surface area contributed by atoms with Crippen molar-refractivity contribution in [1.82, 2.24) is 5.32 Å². The van der Waals surface area contributed by atoms with Gasteiger partial charge in [0.1, 0.15) is 5.75 Å². The van der Waals surface area contributed by atoms with Crippen LogP contribution in [0.15, 0.2) is 18.2 Å². The number of anilines is 1. The van der Waals surface area contributed by atoms with Gasteiger partial charge in [-0.2, -0.15) is 0 Å². The van der Waals surface area contributed by atoms with E-state index in [0.717, 1.165) is 0 Å². The molecule has 1 rings (SSSR count). The summed E-state index contributed by atoms with van der Waals surface area (Å²) in [5.74, 6) is -0.268. The van der Waals surface area contributed by atoms with Crippen molar-refractivity contribution < 1.29 is 17.9 Å². The second-order valence-corrected chi connectivity index (χ2v) is 5.58. The fourth-order valence-electron chi connectivity index (χ4n) is 1.41. The number of hydrogen-bond donors (Lipinski definition) is 3. The van der Waals surface area contributed by atoms with Gasteiger partial charge in [0.15, 0.2) is 0 Å². The highest BCUT2D eigenvalue weighted by Gasteiger charge is 2.10. The summed E-state index contributed by atoms with van der Waals surface area (Å²) < 4.78 is 26.7. The molecule has 0 heterocycles. The van der Waals surface area contributed by atoms with Gasteiger partial charge in [-0.05, 0) is 19.1 Å². The van der Waals surface area contributed by atoms with Crippen LogP contribution >= 0.6 is 0 Å². The Morgan fingerprint density at radius 1 is 1.37 bits per heavy atom. The summed E-state index contributed by atoms with van der Waals surface area (Å²) in [6.07, 6.45) is 0. The number of primary sulfonamides is 1. The van der Waals surface area contributed by atoms with Crippen LogP contribution in [0.4, 0.5) is 5.69 Å². The van der Waals surface area contributed by atoms with Crippen LogP contribution in [0.2, 0.25) is 0 Å². The van der Waals surface area contributed by atoms with Crippen LogP contribution < -0.4 is 20.9 Å². The Balaban J connectivity index is 2.71. The fourth-order valence-corrected chi connectivity index (χ4v) is 1.80. The van der Waals surface area contributed by atoms with Crippen molar-refractivity contribution in [3.63, 3.8) is 0 Å². The lowest BCUT2D eigenvalue weighted by molar-refractivity contribution is 0.0955. The van der Waals surface area contributed by atoms with Gasteiger partial charge in [-0.3, -0.25) is 4.79 Å². The van der Waals surface area contributed by atoms with Crippen LogP contribution in [0.1, 0.15) is 17.3 Å². The highest BCUT2D eigenvalue weighted by molar-refractivity contribution is 7.89. The Kier molecular flexibility index (Phi) is 5.13. The number of carbonyl (C=O) groups excluding carboxylic acids is 1. The Morgan fingerprint density at radius 2 is 2.05 bits per heavy atom. The Morgan fingerprint density at radius 3 is 2.63 bits per heavy atom. The maximum absolute atomic E-state index is 11.8. The minimum Gasteiger partial charge on any atom is -0.494 e. The summed E-state index contributed by atoms with van der Waals surface area (Å²) in [6.45, 7) is 2.21. The summed E-state index contributed by atoms with van der Waals surface area (Å²) in [4.78, 5) is 11.8. The number of ether oxygens (including phenoxy) is 1. The summed E-state index contributed by atoms with van der Waals surface area (Å²) in [5, 5.41) is 7.27. The van der Waals surface area contributed by atoms with Crippen LogP contribution in [0.5, 0.6) is 5.75 Å².